The Balaban J connectivity index is 1.04. The Morgan fingerprint density at radius 3 is 2.00 bits per heavy atom. The SMILES string of the molecule is CC1(C)c2ccccc2-c2ccc(C3N=C(c4ccc(-c5ccc6ccc7cccc8ccc5c6c78)cc4)Nc4c3ccc3ccccc43)cc21. The Labute approximate surface area is 297 Å². The number of nitrogens with zero attached hydrogens (tertiary/aromatic N) is 1. The lowest BCUT2D eigenvalue weighted by atomic mass is 9.81. The first kappa shape index (κ1) is 28.6. The second kappa shape index (κ2) is 10.4. The molecule has 2 nitrogen and oxygen atoms in total. The number of aliphatic imine (C=N–C) groups is 1. The Morgan fingerprint density at radius 2 is 1.14 bits per heavy atom. The minimum Gasteiger partial charge on any atom is -0.339 e. The summed E-state index contributed by atoms with van der Waals surface area (Å²) in [6.45, 7) is 4.70. The molecule has 0 saturated heterocycles. The summed E-state index contributed by atoms with van der Waals surface area (Å²) in [4.78, 5) is 5.51. The van der Waals surface area contributed by atoms with Crippen LogP contribution in [0.4, 0.5) is 5.69 Å². The van der Waals surface area contributed by atoms with Crippen LogP contribution in [0.2, 0.25) is 0 Å². The van der Waals surface area contributed by atoms with Crippen molar-refractivity contribution in [1.82, 2.24) is 0 Å². The van der Waals surface area contributed by atoms with E-state index in [1.165, 1.54) is 87.6 Å². The van der Waals surface area contributed by atoms with Gasteiger partial charge in [0.1, 0.15) is 11.9 Å². The normalized spacial score (nSPS) is 15.9. The van der Waals surface area contributed by atoms with E-state index in [1.807, 2.05) is 0 Å². The molecule has 0 amide bonds. The van der Waals surface area contributed by atoms with Gasteiger partial charge in [-0.05, 0) is 76.6 Å². The fourth-order valence-corrected chi connectivity index (χ4v) is 9.09. The molecule has 9 aromatic carbocycles. The van der Waals surface area contributed by atoms with E-state index in [1.54, 1.807) is 0 Å². The summed E-state index contributed by atoms with van der Waals surface area (Å²) in [6.07, 6.45) is 0. The van der Waals surface area contributed by atoms with Gasteiger partial charge in [-0.25, -0.2) is 0 Å². The Bertz CT molecular complexity index is 2890. The largest absolute Gasteiger partial charge is 0.339 e. The van der Waals surface area contributed by atoms with E-state index in [-0.39, 0.29) is 11.5 Å². The van der Waals surface area contributed by atoms with Gasteiger partial charge in [-0.3, -0.25) is 4.99 Å². The van der Waals surface area contributed by atoms with E-state index in [0.29, 0.717) is 0 Å². The van der Waals surface area contributed by atoms with E-state index in [0.717, 1.165) is 17.1 Å². The predicted octanol–water partition coefficient (Wildman–Crippen LogP) is 12.7. The lowest BCUT2D eigenvalue weighted by Gasteiger charge is -2.28. The van der Waals surface area contributed by atoms with Gasteiger partial charge in [-0.1, -0.05) is 172 Å². The van der Waals surface area contributed by atoms with Crippen LogP contribution in [0.25, 0.3) is 65.3 Å². The number of hydrogen-bond donors (Lipinski definition) is 1. The third-order valence-corrected chi connectivity index (χ3v) is 11.7. The topological polar surface area (TPSA) is 24.4 Å². The first-order valence-corrected chi connectivity index (χ1v) is 17.9. The molecule has 9 aromatic rings. The molecule has 1 aliphatic carbocycles. The van der Waals surface area contributed by atoms with E-state index >= 15 is 0 Å². The van der Waals surface area contributed by atoms with Crippen molar-refractivity contribution in [2.75, 3.05) is 5.32 Å². The molecule has 1 atom stereocenters. The minimum absolute atomic E-state index is 0.0748. The molecule has 2 heteroatoms. The molecule has 11 rings (SSSR count). The lowest BCUT2D eigenvalue weighted by molar-refractivity contribution is 0.658. The number of nitrogens with one attached hydrogen (secondary N) is 1. The summed E-state index contributed by atoms with van der Waals surface area (Å²) < 4.78 is 0. The quantitative estimate of drug-likeness (QED) is 0.189. The molecule has 0 saturated carbocycles. The Hall–Kier alpha value is -6.25. The van der Waals surface area contributed by atoms with Crippen molar-refractivity contribution >= 4 is 54.6 Å². The molecular weight excluding hydrogens is 617 g/mol. The number of hydrogen-bond acceptors (Lipinski definition) is 2. The maximum Gasteiger partial charge on any atom is 0.133 e. The standard InChI is InChI=1S/C49H34N2/c1-49(2)42-13-6-5-12-38(42)39-25-23-35(28-43(39)49)46-41-27-20-29-8-3-4-11-37(29)47(41)51-48(50-46)34-18-14-30(15-19-34)36-24-21-33-17-16-31-9-7-10-32-22-26-40(36)45(33)44(31)32/h3-28,46H,1-2H3,(H,50,51). The van der Waals surface area contributed by atoms with Crippen LogP contribution in [-0.4, -0.2) is 5.84 Å². The van der Waals surface area contributed by atoms with E-state index in [2.05, 4.69) is 177 Å². The zero-order valence-corrected chi connectivity index (χ0v) is 28.5. The number of anilines is 1. The molecule has 0 bridgehead atoms. The van der Waals surface area contributed by atoms with Gasteiger partial charge in [0.2, 0.25) is 0 Å². The van der Waals surface area contributed by atoms with Gasteiger partial charge < -0.3 is 5.32 Å². The fraction of sp³-hybridized carbons (Fsp3) is 0.0816. The molecular formula is C49H34N2. The van der Waals surface area contributed by atoms with E-state index in [4.69, 9.17) is 4.99 Å². The number of benzene rings is 9. The first-order chi connectivity index (χ1) is 25.0. The highest BCUT2D eigenvalue weighted by molar-refractivity contribution is 6.25. The summed E-state index contributed by atoms with van der Waals surface area (Å²) >= 11 is 0. The monoisotopic (exact) mass is 650 g/mol. The van der Waals surface area contributed by atoms with Gasteiger partial charge in [0.15, 0.2) is 0 Å². The van der Waals surface area contributed by atoms with Crippen molar-refractivity contribution in [3.05, 3.63) is 186 Å². The van der Waals surface area contributed by atoms with Crippen LogP contribution >= 0.6 is 0 Å². The average molecular weight is 651 g/mol. The Kier molecular flexibility index (Phi) is 5.82. The molecule has 0 fully saturated rings. The van der Waals surface area contributed by atoms with Crippen molar-refractivity contribution < 1.29 is 0 Å². The highest BCUT2D eigenvalue weighted by atomic mass is 15.0. The van der Waals surface area contributed by atoms with Gasteiger partial charge in [-0.2, -0.15) is 0 Å². The van der Waals surface area contributed by atoms with E-state index < -0.39 is 0 Å². The van der Waals surface area contributed by atoms with Crippen molar-refractivity contribution in [2.24, 2.45) is 4.99 Å². The molecule has 240 valence electrons. The third-order valence-electron chi connectivity index (χ3n) is 11.7. The maximum atomic E-state index is 5.51. The zero-order valence-electron chi connectivity index (χ0n) is 28.5. The van der Waals surface area contributed by atoms with E-state index in [9.17, 15) is 0 Å². The molecule has 1 unspecified atom stereocenters. The van der Waals surface area contributed by atoms with Crippen LogP contribution in [0.1, 0.15) is 47.7 Å². The maximum absolute atomic E-state index is 5.51. The molecule has 2 aliphatic rings. The minimum atomic E-state index is -0.136. The van der Waals surface area contributed by atoms with Crippen molar-refractivity contribution in [3.8, 4) is 22.3 Å². The average Bonchev–Trinajstić information content (AvgIpc) is 3.42. The molecule has 51 heavy (non-hydrogen) atoms. The molecule has 1 N–H and O–H groups in total. The van der Waals surface area contributed by atoms with Crippen molar-refractivity contribution in [3.63, 3.8) is 0 Å². The zero-order chi connectivity index (χ0) is 33.8. The van der Waals surface area contributed by atoms with Gasteiger partial charge in [0.25, 0.3) is 0 Å². The van der Waals surface area contributed by atoms with Crippen molar-refractivity contribution in [1.29, 1.82) is 0 Å². The second-order valence-electron chi connectivity index (χ2n) is 14.8. The summed E-state index contributed by atoms with van der Waals surface area (Å²) in [5.74, 6) is 0.897. The summed E-state index contributed by atoms with van der Waals surface area (Å²) in [5.41, 5.74) is 12.5. The first-order valence-electron chi connectivity index (χ1n) is 17.9. The van der Waals surface area contributed by atoms with Gasteiger partial charge in [0, 0.05) is 21.9 Å². The number of rotatable bonds is 3. The fourth-order valence-electron chi connectivity index (χ4n) is 9.09. The molecule has 0 aromatic heterocycles. The summed E-state index contributed by atoms with van der Waals surface area (Å²) in [5, 5.41) is 14.1. The predicted molar refractivity (Wildman–Crippen MR) is 216 cm³/mol. The molecule has 0 spiro atoms. The van der Waals surface area contributed by atoms with Crippen LogP contribution in [0.15, 0.2) is 163 Å². The van der Waals surface area contributed by atoms with Gasteiger partial charge >= 0.3 is 0 Å². The number of amidine groups is 1. The smallest absolute Gasteiger partial charge is 0.133 e. The highest BCUT2D eigenvalue weighted by Crippen LogP contribution is 2.50. The molecule has 1 aliphatic heterocycles. The summed E-state index contributed by atoms with van der Waals surface area (Å²) in [6, 6.07) is 58.1. The highest BCUT2D eigenvalue weighted by Gasteiger charge is 2.36. The number of fused-ring (bicyclic) bond motifs is 6. The van der Waals surface area contributed by atoms with Crippen LogP contribution in [0.5, 0.6) is 0 Å². The second-order valence-corrected chi connectivity index (χ2v) is 14.8. The van der Waals surface area contributed by atoms with Crippen LogP contribution in [0, 0.1) is 0 Å². The Morgan fingerprint density at radius 1 is 0.490 bits per heavy atom. The molecule has 0 radical (unpaired) electrons. The van der Waals surface area contributed by atoms with Crippen LogP contribution in [-0.2, 0) is 5.41 Å². The molecule has 1 heterocycles. The summed E-state index contributed by atoms with van der Waals surface area (Å²) in [7, 11) is 0. The van der Waals surface area contributed by atoms with Crippen LogP contribution < -0.4 is 5.32 Å². The van der Waals surface area contributed by atoms with Crippen LogP contribution in [0.3, 0.4) is 0 Å². The van der Waals surface area contributed by atoms with Gasteiger partial charge in [-0.15, -0.1) is 0 Å². The lowest BCUT2D eigenvalue weighted by Crippen LogP contribution is -2.23. The van der Waals surface area contributed by atoms with Gasteiger partial charge in [0.05, 0.1) is 5.69 Å². The van der Waals surface area contributed by atoms with Crippen molar-refractivity contribution in [2.45, 2.75) is 25.3 Å². The third kappa shape index (κ3) is 4.08.